The van der Waals surface area contributed by atoms with Gasteiger partial charge in [-0.05, 0) is 59.8 Å². The van der Waals surface area contributed by atoms with Gasteiger partial charge in [-0.25, -0.2) is 13.1 Å². The SMILES string of the molecule is CNC(I)=C(C=NCOCC[Si](C)(C)C)C(C)NS(=O)(=O)c1ccc(Cl)cc1. The molecule has 158 valence electrons. The molecule has 2 N–H and O–H groups in total. The van der Waals surface area contributed by atoms with Crippen LogP contribution < -0.4 is 10.0 Å². The first-order valence-electron chi connectivity index (χ1n) is 8.89. The average Bonchev–Trinajstić information content (AvgIpc) is 2.59. The predicted octanol–water partition coefficient (Wildman–Crippen LogP) is 4.26. The van der Waals surface area contributed by atoms with Crippen molar-refractivity contribution in [2.24, 2.45) is 4.99 Å². The van der Waals surface area contributed by atoms with Gasteiger partial charge in [0.2, 0.25) is 10.0 Å². The maximum Gasteiger partial charge on any atom is 0.241 e. The number of halogens is 2. The summed E-state index contributed by atoms with van der Waals surface area (Å²) in [6.45, 7) is 9.60. The Bertz CT molecular complexity index is 793. The fourth-order valence-corrected chi connectivity index (χ4v) is 4.82. The second-order valence-corrected chi connectivity index (χ2v) is 16.3. The van der Waals surface area contributed by atoms with Gasteiger partial charge in [0.15, 0.2) is 0 Å². The molecule has 0 saturated carbocycles. The Morgan fingerprint density at radius 1 is 1.32 bits per heavy atom. The fraction of sp³-hybridized carbons (Fsp3) is 0.500. The normalized spacial score (nSPS) is 14.8. The molecule has 0 amide bonds. The van der Waals surface area contributed by atoms with Crippen molar-refractivity contribution >= 4 is 58.5 Å². The topological polar surface area (TPSA) is 79.8 Å². The minimum atomic E-state index is -3.68. The zero-order valence-electron chi connectivity index (χ0n) is 16.9. The summed E-state index contributed by atoms with van der Waals surface area (Å²) in [5.74, 6) is 0. The van der Waals surface area contributed by atoms with Crippen LogP contribution >= 0.6 is 34.2 Å². The Hall–Kier alpha value is -0.463. The van der Waals surface area contributed by atoms with Crippen LogP contribution in [0.25, 0.3) is 0 Å². The van der Waals surface area contributed by atoms with Crippen molar-refractivity contribution in [3.8, 4) is 0 Å². The van der Waals surface area contributed by atoms with Gasteiger partial charge in [-0.2, -0.15) is 0 Å². The fourth-order valence-electron chi connectivity index (χ4n) is 2.11. The van der Waals surface area contributed by atoms with E-state index in [1.807, 2.05) is 0 Å². The number of aliphatic imine (C=N–C) groups is 1. The molecular formula is C18H29ClIN3O3SSi. The van der Waals surface area contributed by atoms with E-state index in [0.717, 1.165) is 15.3 Å². The number of nitrogens with one attached hydrogen (secondary N) is 2. The highest BCUT2D eigenvalue weighted by molar-refractivity contribution is 14.1. The van der Waals surface area contributed by atoms with Crippen LogP contribution in [-0.2, 0) is 14.8 Å². The summed E-state index contributed by atoms with van der Waals surface area (Å²) < 4.78 is 34.3. The van der Waals surface area contributed by atoms with Crippen LogP contribution in [-0.4, -0.2) is 49.1 Å². The van der Waals surface area contributed by atoms with Crippen molar-refractivity contribution in [3.05, 3.63) is 38.6 Å². The minimum Gasteiger partial charge on any atom is -0.383 e. The lowest BCUT2D eigenvalue weighted by Gasteiger charge is -2.17. The summed E-state index contributed by atoms with van der Waals surface area (Å²) >= 11 is 7.96. The number of hydrogen-bond donors (Lipinski definition) is 2. The Morgan fingerprint density at radius 2 is 1.93 bits per heavy atom. The van der Waals surface area contributed by atoms with Gasteiger partial charge in [-0.3, -0.25) is 4.99 Å². The molecule has 0 aliphatic heterocycles. The third-order valence-corrected chi connectivity index (χ3v) is 8.46. The Morgan fingerprint density at radius 3 is 2.46 bits per heavy atom. The molecule has 0 radical (unpaired) electrons. The van der Waals surface area contributed by atoms with E-state index in [0.29, 0.717) is 11.6 Å². The second-order valence-electron chi connectivity index (χ2n) is 7.48. The van der Waals surface area contributed by atoms with Crippen LogP contribution in [0.3, 0.4) is 0 Å². The molecule has 0 saturated heterocycles. The van der Waals surface area contributed by atoms with E-state index < -0.39 is 24.1 Å². The molecule has 1 rings (SSSR count). The lowest BCUT2D eigenvalue weighted by atomic mass is 10.2. The van der Waals surface area contributed by atoms with Gasteiger partial charge in [0.25, 0.3) is 0 Å². The number of rotatable bonds is 11. The van der Waals surface area contributed by atoms with Crippen LogP contribution in [0.2, 0.25) is 30.7 Å². The zero-order valence-corrected chi connectivity index (χ0v) is 21.7. The molecule has 0 bridgehead atoms. The summed E-state index contributed by atoms with van der Waals surface area (Å²) in [4.78, 5) is 4.47. The quantitative estimate of drug-likeness (QED) is 0.140. The van der Waals surface area contributed by atoms with Crippen molar-refractivity contribution in [3.63, 3.8) is 0 Å². The van der Waals surface area contributed by atoms with Crippen molar-refractivity contribution in [2.45, 2.75) is 43.5 Å². The van der Waals surface area contributed by atoms with Gasteiger partial charge >= 0.3 is 0 Å². The third-order valence-electron chi connectivity index (χ3n) is 3.79. The number of benzene rings is 1. The van der Waals surface area contributed by atoms with Gasteiger partial charge in [-0.15, -0.1) is 0 Å². The number of hydrogen-bond acceptors (Lipinski definition) is 5. The number of nitrogens with zero attached hydrogens (tertiary/aromatic N) is 1. The van der Waals surface area contributed by atoms with Gasteiger partial charge in [-0.1, -0.05) is 31.2 Å². The monoisotopic (exact) mass is 557 g/mol. The average molecular weight is 558 g/mol. The number of ether oxygens (including phenoxy) is 1. The summed E-state index contributed by atoms with van der Waals surface area (Å²) in [6, 6.07) is 6.65. The van der Waals surface area contributed by atoms with Crippen LogP contribution in [0.5, 0.6) is 0 Å². The van der Waals surface area contributed by atoms with Crippen LogP contribution in [0.4, 0.5) is 0 Å². The maximum absolute atomic E-state index is 12.6. The smallest absolute Gasteiger partial charge is 0.241 e. The predicted molar refractivity (Wildman–Crippen MR) is 129 cm³/mol. The molecule has 1 unspecified atom stereocenters. The lowest BCUT2D eigenvalue weighted by molar-refractivity contribution is 0.156. The van der Waals surface area contributed by atoms with Gasteiger partial charge < -0.3 is 10.1 Å². The maximum atomic E-state index is 12.6. The van der Waals surface area contributed by atoms with Crippen LogP contribution in [0, 0.1) is 0 Å². The van der Waals surface area contributed by atoms with E-state index in [9.17, 15) is 8.42 Å². The Labute approximate surface area is 188 Å². The van der Waals surface area contributed by atoms with E-state index in [1.54, 1.807) is 32.3 Å². The van der Waals surface area contributed by atoms with E-state index >= 15 is 0 Å². The molecule has 0 heterocycles. The molecule has 6 nitrogen and oxygen atoms in total. The van der Waals surface area contributed by atoms with E-state index in [2.05, 4.69) is 57.3 Å². The molecule has 0 aliphatic carbocycles. The Kier molecular flexibility index (Phi) is 10.6. The standard InChI is InChI=1S/C18H29ClIN3O3SSi/c1-14(23-27(24,25)16-8-6-15(19)7-9-16)17(18(20)21-2)12-22-13-26-10-11-28(3,4)5/h6-9,12,14,21,23H,10-11,13H2,1-5H3. The Balaban J connectivity index is 2.79. The molecule has 0 fully saturated rings. The second kappa shape index (κ2) is 11.7. The lowest BCUT2D eigenvalue weighted by Crippen LogP contribution is -2.35. The third kappa shape index (κ3) is 9.36. The largest absolute Gasteiger partial charge is 0.383 e. The highest BCUT2D eigenvalue weighted by Crippen LogP contribution is 2.17. The van der Waals surface area contributed by atoms with E-state index in [4.69, 9.17) is 16.3 Å². The van der Waals surface area contributed by atoms with Gasteiger partial charge in [0, 0.05) is 44.6 Å². The summed E-state index contributed by atoms with van der Waals surface area (Å²) in [5, 5.41) is 3.52. The minimum absolute atomic E-state index is 0.161. The zero-order chi connectivity index (χ0) is 21.4. The van der Waals surface area contributed by atoms with Crippen molar-refractivity contribution < 1.29 is 13.2 Å². The molecule has 1 atom stereocenters. The molecule has 10 heteroatoms. The van der Waals surface area contributed by atoms with Crippen molar-refractivity contribution in [1.29, 1.82) is 0 Å². The highest BCUT2D eigenvalue weighted by atomic mass is 127. The van der Waals surface area contributed by atoms with Crippen molar-refractivity contribution in [1.82, 2.24) is 10.0 Å². The first-order chi connectivity index (χ1) is 13.0. The highest BCUT2D eigenvalue weighted by Gasteiger charge is 2.20. The summed E-state index contributed by atoms with van der Waals surface area (Å²) in [6.07, 6.45) is 1.65. The molecule has 0 aliphatic rings. The van der Waals surface area contributed by atoms with E-state index in [-0.39, 0.29) is 11.6 Å². The number of sulfonamides is 1. The van der Waals surface area contributed by atoms with Gasteiger partial charge in [0.1, 0.15) is 6.73 Å². The summed E-state index contributed by atoms with van der Waals surface area (Å²) in [5.41, 5.74) is 0.731. The summed E-state index contributed by atoms with van der Waals surface area (Å²) in [7, 11) is -3.03. The first kappa shape index (κ1) is 25.6. The van der Waals surface area contributed by atoms with Crippen LogP contribution in [0.15, 0.2) is 43.4 Å². The molecule has 1 aromatic carbocycles. The molecule has 1 aromatic rings. The van der Waals surface area contributed by atoms with Crippen molar-refractivity contribution in [2.75, 3.05) is 20.4 Å². The molecule has 0 aromatic heterocycles. The van der Waals surface area contributed by atoms with Gasteiger partial charge in [0.05, 0.1) is 8.60 Å². The van der Waals surface area contributed by atoms with E-state index in [1.165, 1.54) is 12.1 Å². The van der Waals surface area contributed by atoms with Crippen LogP contribution in [0.1, 0.15) is 6.92 Å². The molecule has 0 spiro atoms. The molecule has 28 heavy (non-hydrogen) atoms. The first-order valence-corrected chi connectivity index (χ1v) is 15.5. The molecular weight excluding hydrogens is 529 g/mol.